The number of aliphatic hydroxyl groups excluding tert-OH is 1. The quantitative estimate of drug-likeness (QED) is 0.305. The van der Waals surface area contributed by atoms with Gasteiger partial charge in [0.2, 0.25) is 5.91 Å². The van der Waals surface area contributed by atoms with Gasteiger partial charge in [0.25, 0.3) is 0 Å². The summed E-state index contributed by atoms with van der Waals surface area (Å²) >= 11 is 0. The molecule has 29 heavy (non-hydrogen) atoms. The van der Waals surface area contributed by atoms with Crippen LogP contribution >= 0.6 is 0 Å². The Balaban J connectivity index is 2.63. The minimum absolute atomic E-state index is 0.0912. The van der Waals surface area contributed by atoms with Gasteiger partial charge in [-0.15, -0.1) is 0 Å². The van der Waals surface area contributed by atoms with Crippen molar-refractivity contribution >= 4 is 5.91 Å². The molecule has 0 aliphatic carbocycles. The van der Waals surface area contributed by atoms with E-state index in [2.05, 4.69) is 13.8 Å². The summed E-state index contributed by atoms with van der Waals surface area (Å²) in [5.74, 6) is 0.297. The van der Waals surface area contributed by atoms with Crippen LogP contribution in [0.4, 0.5) is 0 Å². The number of nitrogens with zero attached hydrogens (tertiary/aromatic N) is 1. The van der Waals surface area contributed by atoms with Gasteiger partial charge in [-0.3, -0.25) is 4.79 Å². The summed E-state index contributed by atoms with van der Waals surface area (Å²) < 4.78 is 0. The maximum atomic E-state index is 13.3. The van der Waals surface area contributed by atoms with Crippen LogP contribution < -0.4 is 0 Å². The van der Waals surface area contributed by atoms with Crippen molar-refractivity contribution in [3.8, 4) is 0 Å². The minimum Gasteiger partial charge on any atom is -0.386 e. The van der Waals surface area contributed by atoms with E-state index in [-0.39, 0.29) is 17.9 Å². The van der Waals surface area contributed by atoms with Gasteiger partial charge < -0.3 is 10.0 Å². The van der Waals surface area contributed by atoms with Crippen molar-refractivity contribution in [2.75, 3.05) is 7.05 Å². The van der Waals surface area contributed by atoms with Gasteiger partial charge in [0.15, 0.2) is 0 Å². The largest absolute Gasteiger partial charge is 0.386 e. The van der Waals surface area contributed by atoms with Crippen molar-refractivity contribution in [2.45, 2.75) is 110 Å². The van der Waals surface area contributed by atoms with Crippen molar-refractivity contribution in [3.63, 3.8) is 0 Å². The monoisotopic (exact) mass is 403 g/mol. The highest BCUT2D eigenvalue weighted by atomic mass is 16.3. The molecular formula is C26H45NO2. The fourth-order valence-corrected chi connectivity index (χ4v) is 4.01. The van der Waals surface area contributed by atoms with Crippen LogP contribution in [0.25, 0.3) is 0 Å². The number of hydrogen-bond acceptors (Lipinski definition) is 2. The molecular weight excluding hydrogens is 358 g/mol. The second-order valence-corrected chi connectivity index (χ2v) is 8.65. The van der Waals surface area contributed by atoms with Crippen LogP contribution in [0.15, 0.2) is 30.3 Å². The zero-order chi connectivity index (χ0) is 21.5. The molecule has 1 amide bonds. The molecule has 0 spiro atoms. The van der Waals surface area contributed by atoms with Crippen molar-refractivity contribution in [1.29, 1.82) is 0 Å². The summed E-state index contributed by atoms with van der Waals surface area (Å²) in [4.78, 5) is 15.1. The fourth-order valence-electron chi connectivity index (χ4n) is 4.01. The van der Waals surface area contributed by atoms with E-state index in [0.29, 0.717) is 0 Å². The van der Waals surface area contributed by atoms with E-state index in [0.717, 1.165) is 31.2 Å². The molecule has 0 bridgehead atoms. The summed E-state index contributed by atoms with van der Waals surface area (Å²) in [7, 11) is 1.86. The normalized spacial score (nSPS) is 14.4. The highest BCUT2D eigenvalue weighted by Crippen LogP contribution is 2.25. The third-order valence-corrected chi connectivity index (χ3v) is 6.22. The number of hydrogen-bond donors (Lipinski definition) is 1. The molecule has 1 aromatic carbocycles. The van der Waals surface area contributed by atoms with E-state index in [4.69, 9.17) is 0 Å². The molecule has 0 aliphatic rings. The van der Waals surface area contributed by atoms with Gasteiger partial charge >= 0.3 is 0 Å². The van der Waals surface area contributed by atoms with Gasteiger partial charge in [-0.05, 0) is 25.3 Å². The summed E-state index contributed by atoms with van der Waals surface area (Å²) in [5.41, 5.74) is 0.870. The average Bonchev–Trinajstić information content (AvgIpc) is 2.76. The number of carbonyl (C=O) groups excluding carboxylic acids is 1. The van der Waals surface area contributed by atoms with Gasteiger partial charge in [0, 0.05) is 13.0 Å². The Kier molecular flexibility index (Phi) is 13.7. The smallest absolute Gasteiger partial charge is 0.225 e. The molecule has 1 unspecified atom stereocenters. The molecule has 0 aromatic heterocycles. The third-order valence-electron chi connectivity index (χ3n) is 6.22. The molecule has 0 saturated heterocycles. The van der Waals surface area contributed by atoms with E-state index in [1.54, 1.807) is 4.90 Å². The van der Waals surface area contributed by atoms with Crippen LogP contribution in [0.5, 0.6) is 0 Å². The Hall–Kier alpha value is -1.35. The Morgan fingerprint density at radius 3 is 1.90 bits per heavy atom. The predicted octanol–water partition coefficient (Wildman–Crippen LogP) is 6.90. The second-order valence-electron chi connectivity index (χ2n) is 8.65. The first-order valence-corrected chi connectivity index (χ1v) is 12.0. The van der Waals surface area contributed by atoms with Crippen molar-refractivity contribution in [2.24, 2.45) is 5.92 Å². The Bertz CT molecular complexity index is 531. The van der Waals surface area contributed by atoms with Crippen LogP contribution in [0.3, 0.4) is 0 Å². The number of unbranched alkanes of at least 4 members (excludes halogenated alkanes) is 8. The summed E-state index contributed by atoms with van der Waals surface area (Å²) in [5, 5.41) is 10.7. The number of likely N-dealkylation sites (N-methyl/N-ethyl adjacent to an activating group) is 1. The molecule has 0 radical (unpaired) electrons. The van der Waals surface area contributed by atoms with E-state index in [9.17, 15) is 9.90 Å². The van der Waals surface area contributed by atoms with Gasteiger partial charge in [-0.25, -0.2) is 0 Å². The number of rotatable bonds is 16. The molecule has 0 fully saturated rings. The molecule has 0 aliphatic heterocycles. The predicted molar refractivity (Wildman–Crippen MR) is 124 cm³/mol. The average molecular weight is 404 g/mol. The lowest BCUT2D eigenvalue weighted by Gasteiger charge is -2.32. The highest BCUT2D eigenvalue weighted by molar-refractivity contribution is 5.79. The van der Waals surface area contributed by atoms with E-state index in [1.807, 2.05) is 44.3 Å². The number of benzene rings is 1. The van der Waals surface area contributed by atoms with Gasteiger partial charge in [0.1, 0.15) is 0 Å². The lowest BCUT2D eigenvalue weighted by Crippen LogP contribution is -2.42. The summed E-state index contributed by atoms with van der Waals surface area (Å²) in [6, 6.07) is 9.44. The molecule has 0 saturated carbocycles. The molecule has 0 heterocycles. The first kappa shape index (κ1) is 25.7. The van der Waals surface area contributed by atoms with Crippen molar-refractivity contribution in [3.05, 3.63) is 35.9 Å². The van der Waals surface area contributed by atoms with E-state index >= 15 is 0 Å². The van der Waals surface area contributed by atoms with Crippen molar-refractivity contribution < 1.29 is 9.90 Å². The third kappa shape index (κ3) is 9.80. The topological polar surface area (TPSA) is 40.5 Å². The van der Waals surface area contributed by atoms with Gasteiger partial charge in [-0.2, -0.15) is 0 Å². The molecule has 1 rings (SSSR count). The second kappa shape index (κ2) is 15.5. The van der Waals surface area contributed by atoms with Crippen molar-refractivity contribution in [1.82, 2.24) is 4.90 Å². The zero-order valence-corrected chi connectivity index (χ0v) is 19.4. The zero-order valence-electron chi connectivity index (χ0n) is 19.4. The SMILES string of the molecule is CCCCCCCCC(CCCCCC)C(=O)N(C)[C@@H](C)[C@@H](O)c1ccccc1. The highest BCUT2D eigenvalue weighted by Gasteiger charge is 2.28. The number of aliphatic hydroxyl groups is 1. The van der Waals surface area contributed by atoms with Crippen LogP contribution in [-0.2, 0) is 4.79 Å². The minimum atomic E-state index is -0.653. The molecule has 1 N–H and O–H groups in total. The molecule has 3 nitrogen and oxygen atoms in total. The van der Waals surface area contributed by atoms with E-state index in [1.165, 1.54) is 51.4 Å². The van der Waals surface area contributed by atoms with E-state index < -0.39 is 6.10 Å². The Morgan fingerprint density at radius 2 is 1.34 bits per heavy atom. The maximum absolute atomic E-state index is 13.3. The fraction of sp³-hybridized carbons (Fsp3) is 0.731. The summed E-state index contributed by atoms with van der Waals surface area (Å²) in [6.45, 7) is 6.42. The number of carbonyl (C=O) groups is 1. The Morgan fingerprint density at radius 1 is 0.862 bits per heavy atom. The van der Waals surface area contributed by atoms with Crippen LogP contribution in [0, 0.1) is 5.92 Å². The standard InChI is InChI=1S/C26H45NO2/c1-5-7-9-11-12-15-21-24(20-14-10-8-6-2)26(29)27(4)22(3)25(28)23-18-16-13-17-19-23/h13,16-19,22,24-25,28H,5-12,14-15,20-21H2,1-4H3/t22-,24?,25+/m0/s1. The van der Waals surface area contributed by atoms with Crippen LogP contribution in [0.2, 0.25) is 0 Å². The van der Waals surface area contributed by atoms with Gasteiger partial charge in [0.05, 0.1) is 12.1 Å². The summed E-state index contributed by atoms with van der Waals surface area (Å²) in [6.07, 6.45) is 13.7. The lowest BCUT2D eigenvalue weighted by molar-refractivity contribution is -0.139. The maximum Gasteiger partial charge on any atom is 0.225 e. The lowest BCUT2D eigenvalue weighted by atomic mass is 9.92. The first-order valence-electron chi connectivity index (χ1n) is 12.0. The number of amides is 1. The molecule has 1 aromatic rings. The Labute approximate surface area is 179 Å². The van der Waals surface area contributed by atoms with Crippen LogP contribution in [0.1, 0.15) is 109 Å². The first-order chi connectivity index (χ1) is 14.0. The molecule has 166 valence electrons. The molecule has 3 atom stereocenters. The van der Waals surface area contributed by atoms with Crippen LogP contribution in [-0.4, -0.2) is 29.0 Å². The molecule has 3 heteroatoms. The van der Waals surface area contributed by atoms with Gasteiger partial charge in [-0.1, -0.05) is 108 Å².